The summed E-state index contributed by atoms with van der Waals surface area (Å²) in [7, 11) is 1.65. The molecule has 0 aliphatic carbocycles. The van der Waals surface area contributed by atoms with Crippen LogP contribution in [-0.2, 0) is 6.61 Å². The fourth-order valence-electron chi connectivity index (χ4n) is 4.28. The predicted octanol–water partition coefficient (Wildman–Crippen LogP) is 8.90. The first-order valence-electron chi connectivity index (χ1n) is 13.5. The molecule has 212 valence electrons. The molecule has 0 aliphatic heterocycles. The number of aliphatic hydroxyl groups is 1. The molecule has 2 heterocycles. The molecule has 2 aromatic carbocycles. The van der Waals surface area contributed by atoms with Gasteiger partial charge in [-0.2, -0.15) is 0 Å². The number of aryl methyl sites for hydroxylation is 3. The first-order chi connectivity index (χ1) is 20.9. The summed E-state index contributed by atoms with van der Waals surface area (Å²) >= 11 is 3.40. The van der Waals surface area contributed by atoms with E-state index in [4.69, 9.17) is 11.2 Å². The lowest BCUT2D eigenvalue weighted by atomic mass is 10.0. The Kier molecular flexibility index (Phi) is 10.7. The van der Waals surface area contributed by atoms with E-state index in [2.05, 4.69) is 104 Å². The summed E-state index contributed by atoms with van der Waals surface area (Å²) in [6, 6.07) is 16.7. The maximum absolute atomic E-state index is 10.1. The van der Waals surface area contributed by atoms with Crippen molar-refractivity contribution in [2.45, 2.75) is 34.3 Å². The second-order valence-electron chi connectivity index (χ2n) is 9.54. The number of terminal acetylenes is 1. The second kappa shape index (κ2) is 14.8. The van der Waals surface area contributed by atoms with Gasteiger partial charge in [0.15, 0.2) is 0 Å². The Morgan fingerprint density at radius 2 is 1.58 bits per heavy atom. The van der Waals surface area contributed by atoms with Gasteiger partial charge < -0.3 is 9.84 Å². The maximum Gasteiger partial charge on any atom is 0.126 e. The quantitative estimate of drug-likeness (QED) is 0.206. The van der Waals surface area contributed by atoms with E-state index < -0.39 is 0 Å². The van der Waals surface area contributed by atoms with Crippen molar-refractivity contribution in [3.63, 3.8) is 0 Å². The van der Waals surface area contributed by atoms with E-state index >= 15 is 0 Å². The van der Waals surface area contributed by atoms with Gasteiger partial charge in [-0.15, -0.1) is 29.1 Å². The van der Waals surface area contributed by atoms with Crippen molar-refractivity contribution in [3.8, 4) is 53.6 Å². The van der Waals surface area contributed by atoms with Crippen molar-refractivity contribution >= 4 is 56.6 Å². The molecular formula is C38H31NO2S2. The molecule has 0 amide bonds. The van der Waals surface area contributed by atoms with Gasteiger partial charge in [0, 0.05) is 26.6 Å². The summed E-state index contributed by atoms with van der Waals surface area (Å²) in [4.78, 5) is 4.51. The molecule has 4 aromatic rings. The monoisotopic (exact) mass is 597 g/mol. The average Bonchev–Trinajstić information content (AvgIpc) is 3.56. The maximum atomic E-state index is 10.1. The van der Waals surface area contributed by atoms with Crippen molar-refractivity contribution in [3.05, 3.63) is 97.7 Å². The Balaban J connectivity index is 1.87. The fourth-order valence-corrected chi connectivity index (χ4v) is 6.45. The van der Waals surface area contributed by atoms with Gasteiger partial charge in [0.1, 0.15) is 15.8 Å². The van der Waals surface area contributed by atoms with Crippen LogP contribution in [0.2, 0.25) is 0 Å². The van der Waals surface area contributed by atoms with Crippen LogP contribution < -0.4 is 9.64 Å². The number of anilines is 3. The standard InChI is InChI=1S/C38H31NO2S2/c1-7-9-10-11-12-13-15-32-25-38(39(34-19-16-27(3)17-20-34)37-22-28(4)29(5)42-37)43-36(32)21-18-30-24-35(41-6)31(14-8-2)23-33(30)26-40/h1,8,14,16-25,40H,26H2,2-6H3. The zero-order chi connectivity index (χ0) is 30.8. The number of nitrogens with zero attached hydrogens (tertiary/aromatic N) is 1. The van der Waals surface area contributed by atoms with Crippen LogP contribution in [0.4, 0.5) is 15.7 Å². The average molecular weight is 598 g/mol. The number of allylic oxidation sites excluding steroid dienone is 1. The minimum Gasteiger partial charge on any atom is -0.496 e. The largest absolute Gasteiger partial charge is 0.496 e. The van der Waals surface area contributed by atoms with Gasteiger partial charge in [-0.25, -0.2) is 0 Å². The Labute approximate surface area is 263 Å². The van der Waals surface area contributed by atoms with Crippen LogP contribution in [0.3, 0.4) is 0 Å². The topological polar surface area (TPSA) is 32.7 Å². The van der Waals surface area contributed by atoms with Gasteiger partial charge in [0.25, 0.3) is 0 Å². The third-order valence-corrected chi connectivity index (χ3v) is 8.80. The lowest BCUT2D eigenvalue weighted by Crippen LogP contribution is -2.06. The van der Waals surface area contributed by atoms with Gasteiger partial charge in [-0.05, 0) is 122 Å². The Morgan fingerprint density at radius 1 is 0.860 bits per heavy atom. The lowest BCUT2D eigenvalue weighted by Gasteiger charge is -2.21. The third kappa shape index (κ3) is 7.70. The molecule has 0 aliphatic rings. The van der Waals surface area contributed by atoms with E-state index in [1.807, 2.05) is 43.4 Å². The summed E-state index contributed by atoms with van der Waals surface area (Å²) < 4.78 is 5.63. The zero-order valence-corrected chi connectivity index (χ0v) is 26.5. The van der Waals surface area contributed by atoms with Crippen molar-refractivity contribution in [1.29, 1.82) is 0 Å². The van der Waals surface area contributed by atoms with Crippen LogP contribution in [0.5, 0.6) is 5.75 Å². The summed E-state index contributed by atoms with van der Waals surface area (Å²) in [6.45, 7) is 8.23. The van der Waals surface area contributed by atoms with E-state index in [0.29, 0.717) is 0 Å². The molecule has 0 saturated carbocycles. The Hall–Kier alpha value is -4.88. The first kappa shape index (κ1) is 31.1. The number of ether oxygens (including phenoxy) is 1. The van der Waals surface area contributed by atoms with Crippen molar-refractivity contribution < 1.29 is 9.84 Å². The number of hydrogen-bond acceptors (Lipinski definition) is 5. The Morgan fingerprint density at radius 3 is 2.23 bits per heavy atom. The highest BCUT2D eigenvalue weighted by atomic mass is 32.1. The van der Waals surface area contributed by atoms with E-state index in [0.717, 1.165) is 48.6 Å². The van der Waals surface area contributed by atoms with Crippen molar-refractivity contribution in [2.24, 2.45) is 0 Å². The van der Waals surface area contributed by atoms with Crippen molar-refractivity contribution in [1.82, 2.24) is 0 Å². The number of hydrogen-bond donors (Lipinski definition) is 1. The molecule has 0 radical (unpaired) electrons. The first-order valence-corrected chi connectivity index (χ1v) is 15.2. The molecule has 0 saturated heterocycles. The predicted molar refractivity (Wildman–Crippen MR) is 185 cm³/mol. The van der Waals surface area contributed by atoms with Gasteiger partial charge in [-0.3, -0.25) is 4.90 Å². The highest BCUT2D eigenvalue weighted by Gasteiger charge is 2.19. The molecule has 0 fully saturated rings. The minimum absolute atomic E-state index is 0.0941. The molecule has 43 heavy (non-hydrogen) atoms. The fraction of sp³-hybridized carbons (Fsp3) is 0.158. The zero-order valence-electron chi connectivity index (χ0n) is 24.8. The summed E-state index contributed by atoms with van der Waals surface area (Å²) in [5.41, 5.74) is 6.94. The number of benzene rings is 2. The molecule has 3 nitrogen and oxygen atoms in total. The van der Waals surface area contributed by atoms with Gasteiger partial charge in [0.2, 0.25) is 0 Å². The number of rotatable bonds is 8. The molecule has 0 unspecified atom stereocenters. The molecule has 0 bridgehead atoms. The normalized spacial score (nSPS) is 10.3. The van der Waals surface area contributed by atoms with E-state index in [-0.39, 0.29) is 6.61 Å². The van der Waals surface area contributed by atoms with Crippen LogP contribution in [0, 0.1) is 68.6 Å². The molecule has 4 rings (SSSR count). The molecule has 5 heteroatoms. The number of aliphatic hydroxyl groups excluding tert-OH is 1. The summed E-state index contributed by atoms with van der Waals surface area (Å²) in [5, 5.41) is 12.3. The minimum atomic E-state index is -0.0941. The van der Waals surface area contributed by atoms with E-state index in [9.17, 15) is 5.11 Å². The highest BCUT2D eigenvalue weighted by Crippen LogP contribution is 2.44. The Bertz CT molecular complexity index is 1890. The third-order valence-electron chi connectivity index (χ3n) is 6.58. The van der Waals surface area contributed by atoms with E-state index in [1.54, 1.807) is 29.8 Å². The highest BCUT2D eigenvalue weighted by molar-refractivity contribution is 7.19. The van der Waals surface area contributed by atoms with Crippen LogP contribution in [0.15, 0.2) is 54.6 Å². The molecule has 0 spiro atoms. The van der Waals surface area contributed by atoms with Crippen LogP contribution in [-0.4, -0.2) is 12.2 Å². The van der Waals surface area contributed by atoms with Gasteiger partial charge in [-0.1, -0.05) is 41.8 Å². The number of thiophene rings is 2. The van der Waals surface area contributed by atoms with Crippen LogP contribution in [0.25, 0.3) is 18.2 Å². The van der Waals surface area contributed by atoms with E-state index in [1.165, 1.54) is 16.0 Å². The van der Waals surface area contributed by atoms with Gasteiger partial charge in [0.05, 0.1) is 13.7 Å². The van der Waals surface area contributed by atoms with Gasteiger partial charge >= 0.3 is 0 Å². The SMILES string of the molecule is C#CC#CC#CC#Cc1cc(N(c2ccc(C)cc2)c2cc(C)c(C)s2)sc1C=Cc1cc(OC)c(C=CC)cc1CO. The summed E-state index contributed by atoms with van der Waals surface area (Å²) in [5.74, 6) is 19.6. The lowest BCUT2D eigenvalue weighted by molar-refractivity contribution is 0.281. The van der Waals surface area contributed by atoms with Crippen LogP contribution in [0.1, 0.15) is 50.1 Å². The smallest absolute Gasteiger partial charge is 0.126 e. The van der Waals surface area contributed by atoms with Crippen LogP contribution >= 0.6 is 22.7 Å². The molecular weight excluding hydrogens is 567 g/mol. The molecule has 0 atom stereocenters. The summed E-state index contributed by atoms with van der Waals surface area (Å²) in [6.07, 6.45) is 13.1. The molecule has 1 N–H and O–H groups in total. The number of methoxy groups -OCH3 is 1. The molecule has 2 aromatic heterocycles. The second-order valence-corrected chi connectivity index (χ2v) is 11.8. The van der Waals surface area contributed by atoms with Crippen molar-refractivity contribution in [2.75, 3.05) is 12.0 Å².